The summed E-state index contributed by atoms with van der Waals surface area (Å²) in [6, 6.07) is 0.140. The van der Waals surface area contributed by atoms with Crippen molar-refractivity contribution in [1.82, 2.24) is 34.4 Å². The molecule has 0 amide bonds. The average Bonchev–Trinajstić information content (AvgIpc) is 3.22. The van der Waals surface area contributed by atoms with Crippen LogP contribution < -0.4 is 0 Å². The average molecular weight is 337 g/mol. The third kappa shape index (κ3) is 4.13. The molecule has 0 aliphatic rings. The van der Waals surface area contributed by atoms with Crippen LogP contribution in [-0.4, -0.2) is 66.6 Å². The van der Waals surface area contributed by atoms with Gasteiger partial charge in [0.1, 0.15) is 12.7 Å². The Morgan fingerprint density at radius 1 is 1.00 bits per heavy atom. The molecule has 11 nitrogen and oxygen atoms in total. The number of rotatable bonds is 7. The highest BCUT2D eigenvalue weighted by atomic mass is 16.5. The predicted octanol–water partition coefficient (Wildman–Crippen LogP) is -0.232. The van der Waals surface area contributed by atoms with Crippen LogP contribution in [0, 0.1) is 0 Å². The van der Waals surface area contributed by atoms with Gasteiger partial charge in [-0.2, -0.15) is 0 Å². The lowest BCUT2D eigenvalue weighted by Crippen LogP contribution is -2.35. The molecule has 0 spiro atoms. The van der Waals surface area contributed by atoms with E-state index in [1.807, 2.05) is 18.7 Å². The van der Waals surface area contributed by atoms with Gasteiger partial charge in [0, 0.05) is 6.04 Å². The van der Waals surface area contributed by atoms with Crippen molar-refractivity contribution < 1.29 is 19.1 Å². The summed E-state index contributed by atoms with van der Waals surface area (Å²) >= 11 is 0. The summed E-state index contributed by atoms with van der Waals surface area (Å²) < 4.78 is 12.2. The second-order valence-corrected chi connectivity index (χ2v) is 5.16. The van der Waals surface area contributed by atoms with E-state index in [0.717, 1.165) is 0 Å². The molecule has 2 aromatic rings. The van der Waals surface area contributed by atoms with Gasteiger partial charge < -0.3 is 9.47 Å². The van der Waals surface area contributed by atoms with Crippen molar-refractivity contribution in [3.63, 3.8) is 0 Å². The van der Waals surface area contributed by atoms with Crippen LogP contribution in [0.15, 0.2) is 12.7 Å². The van der Waals surface area contributed by atoms with Gasteiger partial charge in [-0.3, -0.25) is 4.90 Å². The molecule has 0 aromatic carbocycles. The lowest BCUT2D eigenvalue weighted by molar-refractivity contribution is 0.0578. The van der Waals surface area contributed by atoms with E-state index in [1.165, 1.54) is 36.2 Å². The van der Waals surface area contributed by atoms with Gasteiger partial charge in [0.25, 0.3) is 11.6 Å². The fourth-order valence-electron chi connectivity index (χ4n) is 1.84. The maximum Gasteiger partial charge on any atom is 0.377 e. The fourth-order valence-corrected chi connectivity index (χ4v) is 1.84. The summed E-state index contributed by atoms with van der Waals surface area (Å²) in [5.41, 5.74) is 0. The Kier molecular flexibility index (Phi) is 5.58. The molecule has 24 heavy (non-hydrogen) atoms. The second-order valence-electron chi connectivity index (χ2n) is 5.16. The van der Waals surface area contributed by atoms with Crippen LogP contribution in [0.3, 0.4) is 0 Å². The number of carbonyl (C=O) groups is 2. The smallest absolute Gasteiger partial charge is 0.377 e. The van der Waals surface area contributed by atoms with Crippen molar-refractivity contribution in [3.05, 3.63) is 24.3 Å². The van der Waals surface area contributed by atoms with Crippen LogP contribution in [0.1, 0.15) is 35.1 Å². The molecular formula is C13H19N7O4. The van der Waals surface area contributed by atoms with Crippen molar-refractivity contribution in [3.8, 4) is 0 Å². The minimum atomic E-state index is -0.594. The number of nitrogens with zero attached hydrogens (tertiary/aromatic N) is 7. The molecule has 0 fully saturated rings. The number of methoxy groups -OCH3 is 2. The van der Waals surface area contributed by atoms with E-state index in [4.69, 9.17) is 0 Å². The Hall–Kier alpha value is -2.82. The van der Waals surface area contributed by atoms with Crippen molar-refractivity contribution in [2.45, 2.75) is 33.2 Å². The Morgan fingerprint density at radius 2 is 1.42 bits per heavy atom. The molecule has 0 unspecified atom stereocenters. The van der Waals surface area contributed by atoms with Crippen molar-refractivity contribution in [2.75, 3.05) is 14.2 Å². The number of aromatic nitrogens is 6. The molecule has 0 saturated heterocycles. The SMILES string of the molecule is COC(=O)c1ncn(CN(Cn2cnc(C(=O)OC)n2)C(C)C)n1. The van der Waals surface area contributed by atoms with E-state index in [9.17, 15) is 9.59 Å². The fraction of sp³-hybridized carbons (Fsp3) is 0.538. The van der Waals surface area contributed by atoms with Crippen molar-refractivity contribution >= 4 is 11.9 Å². The van der Waals surface area contributed by atoms with E-state index in [1.54, 1.807) is 0 Å². The Morgan fingerprint density at radius 3 is 1.75 bits per heavy atom. The summed E-state index contributed by atoms with van der Waals surface area (Å²) in [4.78, 5) is 32.6. The highest BCUT2D eigenvalue weighted by molar-refractivity contribution is 5.85. The van der Waals surface area contributed by atoms with Gasteiger partial charge >= 0.3 is 11.9 Å². The zero-order valence-electron chi connectivity index (χ0n) is 13.9. The van der Waals surface area contributed by atoms with Crippen LogP contribution in [-0.2, 0) is 22.8 Å². The Balaban J connectivity index is 2.07. The van der Waals surface area contributed by atoms with Crippen molar-refractivity contribution in [1.29, 1.82) is 0 Å². The van der Waals surface area contributed by atoms with Crippen LogP contribution in [0.4, 0.5) is 0 Å². The van der Waals surface area contributed by atoms with Gasteiger partial charge in [0.15, 0.2) is 0 Å². The summed E-state index contributed by atoms with van der Waals surface area (Å²) in [7, 11) is 2.54. The molecule has 2 heterocycles. The van der Waals surface area contributed by atoms with Crippen molar-refractivity contribution in [2.24, 2.45) is 0 Å². The molecule has 11 heteroatoms. The first-order valence-corrected chi connectivity index (χ1v) is 7.14. The van der Waals surface area contributed by atoms with Crippen LogP contribution in [0.5, 0.6) is 0 Å². The Labute approximate surface area is 138 Å². The van der Waals surface area contributed by atoms with Crippen LogP contribution in [0.2, 0.25) is 0 Å². The zero-order chi connectivity index (χ0) is 17.7. The topological polar surface area (TPSA) is 117 Å². The Bertz CT molecular complexity index is 652. The summed E-state index contributed by atoms with van der Waals surface area (Å²) in [6.07, 6.45) is 2.89. The third-order valence-corrected chi connectivity index (χ3v) is 3.19. The van der Waals surface area contributed by atoms with Gasteiger partial charge in [0.2, 0.25) is 0 Å². The third-order valence-electron chi connectivity index (χ3n) is 3.19. The molecule has 0 aliphatic carbocycles. The summed E-state index contributed by atoms with van der Waals surface area (Å²) in [5, 5.41) is 8.12. The number of esters is 2. The molecule has 130 valence electrons. The van der Waals surface area contributed by atoms with Crippen LogP contribution in [0.25, 0.3) is 0 Å². The lowest BCUT2D eigenvalue weighted by Gasteiger charge is -2.25. The number of hydrogen-bond acceptors (Lipinski definition) is 9. The normalized spacial score (nSPS) is 11.1. The number of hydrogen-bond donors (Lipinski definition) is 0. The maximum absolute atomic E-state index is 11.4. The summed E-state index contributed by atoms with van der Waals surface area (Å²) in [6.45, 7) is 4.73. The quantitative estimate of drug-likeness (QED) is 0.631. The van der Waals surface area contributed by atoms with E-state index in [2.05, 4.69) is 29.6 Å². The molecule has 0 bridgehead atoms. The first kappa shape index (κ1) is 17.5. The standard InChI is InChI=1S/C13H19N7O4/c1-9(2)18(7-19-5-14-10(16-19)12(21)23-3)8-20-6-15-11(17-20)13(22)24-4/h5-6,9H,7-8H2,1-4H3. The number of ether oxygens (including phenoxy) is 2. The zero-order valence-corrected chi connectivity index (χ0v) is 13.9. The molecular weight excluding hydrogens is 318 g/mol. The van der Waals surface area contributed by atoms with Crippen LogP contribution >= 0.6 is 0 Å². The first-order chi connectivity index (χ1) is 11.4. The van der Waals surface area contributed by atoms with Gasteiger partial charge in [-0.25, -0.2) is 28.9 Å². The minimum Gasteiger partial charge on any atom is -0.463 e. The maximum atomic E-state index is 11.4. The molecule has 2 rings (SSSR count). The van der Waals surface area contributed by atoms with E-state index >= 15 is 0 Å². The van der Waals surface area contributed by atoms with Gasteiger partial charge in [0.05, 0.1) is 27.6 Å². The van der Waals surface area contributed by atoms with E-state index in [0.29, 0.717) is 13.3 Å². The van der Waals surface area contributed by atoms with Gasteiger partial charge in [-0.1, -0.05) is 0 Å². The molecule has 0 aliphatic heterocycles. The first-order valence-electron chi connectivity index (χ1n) is 7.14. The minimum absolute atomic E-state index is 0.00469. The molecule has 0 N–H and O–H groups in total. The van der Waals surface area contributed by atoms with E-state index < -0.39 is 11.9 Å². The molecule has 2 aromatic heterocycles. The highest BCUT2D eigenvalue weighted by Crippen LogP contribution is 2.04. The largest absolute Gasteiger partial charge is 0.463 e. The molecule has 0 radical (unpaired) electrons. The summed E-state index contributed by atoms with van der Waals surface area (Å²) in [5.74, 6) is -1.20. The molecule has 0 saturated carbocycles. The second kappa shape index (κ2) is 7.64. The molecule has 0 atom stereocenters. The highest BCUT2D eigenvalue weighted by Gasteiger charge is 2.17. The van der Waals surface area contributed by atoms with Gasteiger partial charge in [-0.05, 0) is 13.8 Å². The monoisotopic (exact) mass is 337 g/mol. The van der Waals surface area contributed by atoms with Gasteiger partial charge in [-0.15, -0.1) is 10.2 Å². The number of carbonyl (C=O) groups excluding carboxylic acids is 2. The predicted molar refractivity (Wildman–Crippen MR) is 79.7 cm³/mol. The lowest BCUT2D eigenvalue weighted by atomic mass is 10.3. The van der Waals surface area contributed by atoms with E-state index in [-0.39, 0.29) is 17.7 Å².